The van der Waals surface area contributed by atoms with Crippen LogP contribution < -0.4 is 20.7 Å². The molecule has 9 nitrogen and oxygen atoms in total. The number of piperidine rings is 1. The molecule has 1 unspecified atom stereocenters. The number of nitrogens with zero attached hydrogens (tertiary/aromatic N) is 4. The topological polar surface area (TPSA) is 95.7 Å². The largest absolute Gasteiger partial charge is 0.493 e. The van der Waals surface area contributed by atoms with E-state index >= 15 is 0 Å². The van der Waals surface area contributed by atoms with E-state index in [9.17, 15) is 4.79 Å². The van der Waals surface area contributed by atoms with E-state index in [1.165, 1.54) is 5.56 Å². The maximum Gasteiger partial charge on any atom is 0.228 e. The molecule has 9 heteroatoms. The van der Waals surface area contributed by atoms with Crippen molar-refractivity contribution in [2.75, 3.05) is 66.6 Å². The summed E-state index contributed by atoms with van der Waals surface area (Å²) in [4.78, 5) is 24.5. The Hall–Kier alpha value is -3.14. The zero-order chi connectivity index (χ0) is 29.4. The van der Waals surface area contributed by atoms with E-state index in [1.807, 2.05) is 37.8 Å². The Morgan fingerprint density at radius 2 is 1.66 bits per heavy atom. The van der Waals surface area contributed by atoms with E-state index in [2.05, 4.69) is 51.6 Å². The third-order valence-electron chi connectivity index (χ3n) is 8.30. The number of carbonyl (C=O) groups excluding carboxylic acids is 1. The number of ether oxygens (including phenoxy) is 2. The number of likely N-dealkylation sites (tertiary alicyclic amines) is 1. The molecular formula is C32H48N6O3. The minimum atomic E-state index is -0.347. The van der Waals surface area contributed by atoms with Gasteiger partial charge in [-0.2, -0.15) is 0 Å². The van der Waals surface area contributed by atoms with E-state index in [0.29, 0.717) is 24.0 Å². The van der Waals surface area contributed by atoms with Gasteiger partial charge < -0.3 is 19.8 Å². The van der Waals surface area contributed by atoms with Crippen LogP contribution >= 0.6 is 0 Å². The number of hydrogen-bond donors (Lipinski definition) is 2. The van der Waals surface area contributed by atoms with E-state index in [-0.39, 0.29) is 17.4 Å². The Morgan fingerprint density at radius 3 is 2.24 bits per heavy atom. The van der Waals surface area contributed by atoms with E-state index in [1.54, 1.807) is 14.2 Å². The average Bonchev–Trinajstić information content (AvgIpc) is 3.00. The van der Waals surface area contributed by atoms with Gasteiger partial charge in [-0.1, -0.05) is 63.2 Å². The van der Waals surface area contributed by atoms with Gasteiger partial charge in [0.15, 0.2) is 11.5 Å². The highest BCUT2D eigenvalue weighted by Gasteiger charge is 2.33. The summed E-state index contributed by atoms with van der Waals surface area (Å²) in [6.45, 7) is 12.4. The van der Waals surface area contributed by atoms with Gasteiger partial charge in [0.2, 0.25) is 5.91 Å². The first-order chi connectivity index (χ1) is 19.8. The predicted octanol–water partition coefficient (Wildman–Crippen LogP) is 3.68. The number of methoxy groups -OCH3 is 2. The van der Waals surface area contributed by atoms with Crippen LogP contribution in [-0.2, 0) is 4.79 Å². The maximum atomic E-state index is 12.7. The van der Waals surface area contributed by atoms with Crippen LogP contribution in [0.1, 0.15) is 56.7 Å². The highest BCUT2D eigenvalue weighted by Crippen LogP contribution is 2.39. The van der Waals surface area contributed by atoms with Crippen molar-refractivity contribution >= 4 is 11.7 Å². The average molecular weight is 565 g/mol. The molecule has 2 aromatic carbocycles. The first-order valence-corrected chi connectivity index (χ1v) is 14.8. The second kappa shape index (κ2) is 14.2. The lowest BCUT2D eigenvalue weighted by Gasteiger charge is -2.39. The predicted molar refractivity (Wildman–Crippen MR) is 164 cm³/mol. The first kappa shape index (κ1) is 30.8. The van der Waals surface area contributed by atoms with Crippen molar-refractivity contribution in [3.63, 3.8) is 0 Å². The highest BCUT2D eigenvalue weighted by atomic mass is 16.5. The van der Waals surface area contributed by atoms with Gasteiger partial charge in [-0.15, -0.1) is 0 Å². The van der Waals surface area contributed by atoms with Crippen molar-refractivity contribution in [2.24, 2.45) is 16.3 Å². The van der Waals surface area contributed by atoms with E-state index in [0.717, 1.165) is 70.1 Å². The van der Waals surface area contributed by atoms with Crippen LogP contribution in [0.3, 0.4) is 0 Å². The molecule has 0 bridgehead atoms. The number of hydrogen-bond acceptors (Lipinski definition) is 7. The molecule has 1 amide bonds. The smallest absolute Gasteiger partial charge is 0.228 e. The third-order valence-corrected chi connectivity index (χ3v) is 8.30. The van der Waals surface area contributed by atoms with Crippen molar-refractivity contribution in [1.29, 1.82) is 0 Å². The number of rotatable bonds is 9. The molecule has 224 valence electrons. The highest BCUT2D eigenvalue weighted by molar-refractivity contribution is 5.89. The molecule has 2 aromatic rings. The van der Waals surface area contributed by atoms with Gasteiger partial charge in [0, 0.05) is 43.7 Å². The molecular weight excluding hydrogens is 516 g/mol. The number of carbonyl (C=O) groups is 1. The number of benzene rings is 2. The zero-order valence-electron chi connectivity index (χ0n) is 25.4. The van der Waals surface area contributed by atoms with Crippen molar-refractivity contribution in [3.8, 4) is 11.5 Å². The van der Waals surface area contributed by atoms with Crippen molar-refractivity contribution in [1.82, 2.24) is 20.1 Å². The van der Waals surface area contributed by atoms with Crippen LogP contribution in [0.15, 0.2) is 53.5 Å². The molecule has 41 heavy (non-hydrogen) atoms. The van der Waals surface area contributed by atoms with Gasteiger partial charge in [0.25, 0.3) is 0 Å². The molecule has 3 N–H and O–H groups in total. The fraction of sp³-hybridized carbons (Fsp3) is 0.562. The Balaban J connectivity index is 1.49. The SMILES string of the molecule is COc1cccc(C(C(=NCCN2CCN(C(=O)C(C)(C)C)CC2)NN)N2CCC(c3ccccc3)CC2)c1OC. The number of amides is 1. The number of aliphatic imine (C=N–C) groups is 1. The number of hydrazine groups is 1. The lowest BCUT2D eigenvalue weighted by molar-refractivity contribution is -0.141. The van der Waals surface area contributed by atoms with E-state index < -0.39 is 0 Å². The van der Waals surface area contributed by atoms with Crippen molar-refractivity contribution < 1.29 is 14.3 Å². The minimum Gasteiger partial charge on any atom is -0.493 e. The quantitative estimate of drug-likeness (QED) is 0.208. The summed E-state index contributed by atoms with van der Waals surface area (Å²) >= 11 is 0. The lowest BCUT2D eigenvalue weighted by Crippen LogP contribution is -2.52. The molecule has 2 aliphatic rings. The maximum absolute atomic E-state index is 12.7. The Labute approximate surface area is 245 Å². The molecule has 2 fully saturated rings. The third kappa shape index (κ3) is 7.58. The van der Waals surface area contributed by atoms with Gasteiger partial charge in [-0.25, -0.2) is 5.84 Å². The summed E-state index contributed by atoms with van der Waals surface area (Å²) in [6, 6.07) is 16.6. The Morgan fingerprint density at radius 1 is 0.976 bits per heavy atom. The molecule has 1 atom stereocenters. The standard InChI is InChI=1S/C32H48N6O3/c1-32(2,3)31(39)38-22-20-36(21-23-38)19-16-34-30(35-33)28(26-12-9-13-27(40-4)29(26)41-5)37-17-14-25(15-18-37)24-10-7-6-8-11-24/h6-13,25,28H,14-23,33H2,1-5H3,(H,34,35). The summed E-state index contributed by atoms with van der Waals surface area (Å²) in [5.41, 5.74) is 4.98. The monoisotopic (exact) mass is 564 g/mol. The Bertz CT molecular complexity index is 1150. The van der Waals surface area contributed by atoms with E-state index in [4.69, 9.17) is 20.3 Å². The second-order valence-electron chi connectivity index (χ2n) is 12.0. The van der Waals surface area contributed by atoms with Gasteiger partial charge >= 0.3 is 0 Å². The van der Waals surface area contributed by atoms with Crippen LogP contribution in [0.4, 0.5) is 0 Å². The summed E-state index contributed by atoms with van der Waals surface area (Å²) in [6.07, 6.45) is 2.12. The molecule has 0 radical (unpaired) electrons. The zero-order valence-corrected chi connectivity index (χ0v) is 25.4. The molecule has 4 rings (SSSR count). The van der Waals surface area contributed by atoms with Crippen LogP contribution in [0, 0.1) is 5.41 Å². The first-order valence-electron chi connectivity index (χ1n) is 14.8. The molecule has 0 aliphatic carbocycles. The second-order valence-corrected chi connectivity index (χ2v) is 12.0. The number of nitrogens with two attached hydrogens (primary N) is 1. The Kier molecular flexibility index (Phi) is 10.6. The number of amidine groups is 1. The van der Waals surface area contributed by atoms with Crippen LogP contribution in [0.5, 0.6) is 11.5 Å². The summed E-state index contributed by atoms with van der Waals surface area (Å²) in [5.74, 6) is 9.04. The van der Waals surface area contributed by atoms with Gasteiger partial charge in [-0.05, 0) is 43.5 Å². The fourth-order valence-corrected chi connectivity index (χ4v) is 6.03. The summed E-state index contributed by atoms with van der Waals surface area (Å²) < 4.78 is 11.5. The minimum absolute atomic E-state index is 0.192. The number of nitrogens with one attached hydrogen (secondary N) is 1. The van der Waals surface area contributed by atoms with Crippen LogP contribution in [-0.4, -0.2) is 93.0 Å². The van der Waals surface area contributed by atoms with Crippen LogP contribution in [0.25, 0.3) is 0 Å². The molecule has 2 saturated heterocycles. The van der Waals surface area contributed by atoms with Crippen LogP contribution in [0.2, 0.25) is 0 Å². The van der Waals surface area contributed by atoms with Gasteiger partial charge in [0.05, 0.1) is 26.8 Å². The molecule has 0 aromatic heterocycles. The number of para-hydroxylation sites is 1. The summed E-state index contributed by atoms with van der Waals surface area (Å²) in [7, 11) is 3.34. The van der Waals surface area contributed by atoms with Gasteiger partial charge in [0.1, 0.15) is 5.84 Å². The molecule has 0 saturated carbocycles. The lowest BCUT2D eigenvalue weighted by atomic mass is 9.88. The molecule has 2 aliphatic heterocycles. The number of piperazine rings is 1. The van der Waals surface area contributed by atoms with Gasteiger partial charge in [-0.3, -0.25) is 19.6 Å². The normalized spacial score (nSPS) is 18.7. The molecule has 2 heterocycles. The van der Waals surface area contributed by atoms with Crippen molar-refractivity contribution in [2.45, 2.75) is 45.6 Å². The summed E-state index contributed by atoms with van der Waals surface area (Å²) in [5, 5.41) is 0. The fourth-order valence-electron chi connectivity index (χ4n) is 6.03. The van der Waals surface area contributed by atoms with Crippen molar-refractivity contribution in [3.05, 3.63) is 59.7 Å². The molecule has 0 spiro atoms.